The molecule has 0 amide bonds. The molecule has 0 atom stereocenters. The maximum absolute atomic E-state index is 12.6. The molecule has 0 bridgehead atoms. The molecule has 3 N–H and O–H groups in total. The van der Waals surface area contributed by atoms with Gasteiger partial charge in [-0.25, -0.2) is 0 Å². The molecule has 3 aromatic rings. The number of nitrogens with zero attached hydrogens (tertiary/aromatic N) is 3. The summed E-state index contributed by atoms with van der Waals surface area (Å²) >= 11 is 0. The predicted octanol–water partition coefficient (Wildman–Crippen LogP) is 3.39. The van der Waals surface area contributed by atoms with Crippen LogP contribution in [-0.2, 0) is 0 Å². The number of nitrogens with one attached hydrogen (secondary N) is 1. The molecule has 2 aromatic carbocycles. The molecule has 1 heterocycles. The van der Waals surface area contributed by atoms with Crippen LogP contribution in [0.15, 0.2) is 48.5 Å². The standard InChI is InChI=1S/C19H21N5O2/c1-12(2)26-16-9-7-14(8-10-16)17(25)24-18(20)22-19(23-24)21-15-6-4-5-13(3)11-15/h4-12H,1-3H3,(H3,20,21,22,23). The van der Waals surface area contributed by atoms with Crippen molar-refractivity contribution in [2.75, 3.05) is 11.1 Å². The van der Waals surface area contributed by atoms with Gasteiger partial charge >= 0.3 is 0 Å². The Labute approximate surface area is 151 Å². The molecule has 0 aliphatic rings. The second-order valence-electron chi connectivity index (χ2n) is 6.20. The van der Waals surface area contributed by atoms with Crippen LogP contribution in [0.5, 0.6) is 5.75 Å². The monoisotopic (exact) mass is 351 g/mol. The largest absolute Gasteiger partial charge is 0.491 e. The molecule has 0 fully saturated rings. The van der Waals surface area contributed by atoms with Crippen molar-refractivity contribution >= 4 is 23.5 Å². The summed E-state index contributed by atoms with van der Waals surface area (Å²) in [6.07, 6.45) is 0.0674. The highest BCUT2D eigenvalue weighted by molar-refractivity contribution is 5.97. The third-order valence-corrected chi connectivity index (χ3v) is 3.57. The average Bonchev–Trinajstić information content (AvgIpc) is 2.94. The van der Waals surface area contributed by atoms with Crippen molar-refractivity contribution in [1.29, 1.82) is 0 Å². The maximum atomic E-state index is 12.6. The quantitative estimate of drug-likeness (QED) is 0.731. The Kier molecular flexibility index (Phi) is 4.88. The molecule has 1 aromatic heterocycles. The van der Waals surface area contributed by atoms with Crippen molar-refractivity contribution in [3.05, 3.63) is 59.7 Å². The summed E-state index contributed by atoms with van der Waals surface area (Å²) in [5, 5.41) is 7.22. The van der Waals surface area contributed by atoms with Gasteiger partial charge in [-0.2, -0.15) is 9.67 Å². The van der Waals surface area contributed by atoms with Gasteiger partial charge < -0.3 is 15.8 Å². The molecule has 7 nitrogen and oxygen atoms in total. The van der Waals surface area contributed by atoms with Crippen molar-refractivity contribution in [1.82, 2.24) is 14.8 Å². The fourth-order valence-corrected chi connectivity index (χ4v) is 2.45. The lowest BCUT2D eigenvalue weighted by Crippen LogP contribution is -2.16. The number of rotatable bonds is 5. The van der Waals surface area contributed by atoms with Crippen molar-refractivity contribution < 1.29 is 9.53 Å². The minimum atomic E-state index is -0.358. The molecule has 26 heavy (non-hydrogen) atoms. The van der Waals surface area contributed by atoms with Gasteiger partial charge in [0.25, 0.3) is 5.91 Å². The van der Waals surface area contributed by atoms with Gasteiger partial charge in [0.1, 0.15) is 5.75 Å². The highest BCUT2D eigenvalue weighted by Crippen LogP contribution is 2.18. The minimum Gasteiger partial charge on any atom is -0.491 e. The lowest BCUT2D eigenvalue weighted by molar-refractivity contribution is 0.0948. The first kappa shape index (κ1) is 17.5. The predicted molar refractivity (Wildman–Crippen MR) is 101 cm³/mol. The third kappa shape index (κ3) is 4.00. The van der Waals surface area contributed by atoms with Crippen molar-refractivity contribution in [3.8, 4) is 5.75 Å². The molecule has 0 aliphatic carbocycles. The molecular formula is C19H21N5O2. The summed E-state index contributed by atoms with van der Waals surface area (Å²) < 4.78 is 6.66. The summed E-state index contributed by atoms with van der Waals surface area (Å²) in [5.41, 5.74) is 8.23. The Bertz CT molecular complexity index is 916. The van der Waals surface area contributed by atoms with E-state index >= 15 is 0 Å². The van der Waals surface area contributed by atoms with Crippen LogP contribution < -0.4 is 15.8 Å². The fourth-order valence-electron chi connectivity index (χ4n) is 2.45. The smallest absolute Gasteiger partial charge is 0.281 e. The summed E-state index contributed by atoms with van der Waals surface area (Å²) in [6.45, 7) is 5.87. The highest BCUT2D eigenvalue weighted by Gasteiger charge is 2.16. The van der Waals surface area contributed by atoms with E-state index in [1.807, 2.05) is 45.0 Å². The van der Waals surface area contributed by atoms with Gasteiger partial charge in [-0.05, 0) is 62.7 Å². The highest BCUT2D eigenvalue weighted by atomic mass is 16.5. The summed E-state index contributed by atoms with van der Waals surface area (Å²) in [5.74, 6) is 0.627. The van der Waals surface area contributed by atoms with Crippen molar-refractivity contribution in [2.45, 2.75) is 26.9 Å². The minimum absolute atomic E-state index is 0.0210. The van der Waals surface area contributed by atoms with E-state index in [1.165, 1.54) is 0 Å². The Hall–Kier alpha value is -3.35. The van der Waals surface area contributed by atoms with Crippen LogP contribution in [0.25, 0.3) is 0 Å². The van der Waals surface area contributed by atoms with E-state index in [0.29, 0.717) is 11.3 Å². The zero-order valence-electron chi connectivity index (χ0n) is 14.9. The van der Waals surface area contributed by atoms with E-state index < -0.39 is 0 Å². The van der Waals surface area contributed by atoms with E-state index in [0.717, 1.165) is 15.9 Å². The van der Waals surface area contributed by atoms with E-state index in [-0.39, 0.29) is 23.9 Å². The second-order valence-corrected chi connectivity index (χ2v) is 6.20. The maximum Gasteiger partial charge on any atom is 0.281 e. The van der Waals surface area contributed by atoms with Crippen molar-refractivity contribution in [2.24, 2.45) is 0 Å². The summed E-state index contributed by atoms with van der Waals surface area (Å²) in [7, 11) is 0. The van der Waals surface area contributed by atoms with Crippen LogP contribution in [0.1, 0.15) is 29.8 Å². The van der Waals surface area contributed by atoms with Gasteiger partial charge in [0, 0.05) is 11.3 Å². The number of hydrogen-bond donors (Lipinski definition) is 2. The number of ether oxygens (including phenoxy) is 1. The number of aryl methyl sites for hydroxylation is 1. The second kappa shape index (κ2) is 7.26. The molecular weight excluding hydrogens is 330 g/mol. The number of hydrogen-bond acceptors (Lipinski definition) is 6. The van der Waals surface area contributed by atoms with E-state index in [1.54, 1.807) is 24.3 Å². The molecule has 0 radical (unpaired) electrons. The summed E-state index contributed by atoms with van der Waals surface area (Å²) in [4.78, 5) is 16.7. The van der Waals surface area contributed by atoms with Crippen LogP contribution in [0.4, 0.5) is 17.6 Å². The van der Waals surface area contributed by atoms with E-state index in [2.05, 4.69) is 15.4 Å². The third-order valence-electron chi connectivity index (χ3n) is 3.57. The first-order valence-corrected chi connectivity index (χ1v) is 8.30. The number of benzene rings is 2. The Morgan fingerprint density at radius 2 is 1.92 bits per heavy atom. The molecule has 0 spiro atoms. The van der Waals surface area contributed by atoms with Crippen LogP contribution in [0.2, 0.25) is 0 Å². The Balaban J connectivity index is 1.78. The van der Waals surface area contributed by atoms with Gasteiger partial charge in [-0.1, -0.05) is 12.1 Å². The zero-order valence-corrected chi connectivity index (χ0v) is 14.9. The molecule has 0 saturated heterocycles. The zero-order chi connectivity index (χ0) is 18.7. The van der Waals surface area contributed by atoms with Crippen LogP contribution in [0, 0.1) is 6.92 Å². The molecule has 7 heteroatoms. The lowest BCUT2D eigenvalue weighted by atomic mass is 10.2. The fraction of sp³-hybridized carbons (Fsp3) is 0.211. The summed E-state index contributed by atoms with van der Waals surface area (Å²) in [6, 6.07) is 14.6. The Morgan fingerprint density at radius 1 is 1.19 bits per heavy atom. The van der Waals surface area contributed by atoms with E-state index in [4.69, 9.17) is 10.5 Å². The number of nitrogen functional groups attached to an aromatic ring is 1. The molecule has 0 unspecified atom stereocenters. The Morgan fingerprint density at radius 3 is 2.58 bits per heavy atom. The van der Waals surface area contributed by atoms with Crippen LogP contribution in [0.3, 0.4) is 0 Å². The van der Waals surface area contributed by atoms with Crippen molar-refractivity contribution in [3.63, 3.8) is 0 Å². The van der Waals surface area contributed by atoms with Gasteiger partial charge in [-0.3, -0.25) is 4.79 Å². The first-order valence-electron chi connectivity index (χ1n) is 8.30. The lowest BCUT2D eigenvalue weighted by Gasteiger charge is -2.09. The van der Waals surface area contributed by atoms with Crippen LogP contribution in [-0.4, -0.2) is 26.8 Å². The molecule has 0 saturated carbocycles. The average molecular weight is 351 g/mol. The number of nitrogens with two attached hydrogens (primary N) is 1. The van der Waals surface area contributed by atoms with Gasteiger partial charge in [0.05, 0.1) is 6.10 Å². The number of anilines is 3. The van der Waals surface area contributed by atoms with Gasteiger partial charge in [0.2, 0.25) is 11.9 Å². The van der Waals surface area contributed by atoms with Gasteiger partial charge in [-0.15, -0.1) is 5.10 Å². The van der Waals surface area contributed by atoms with E-state index in [9.17, 15) is 4.79 Å². The van der Waals surface area contributed by atoms with Gasteiger partial charge in [0.15, 0.2) is 0 Å². The first-order chi connectivity index (χ1) is 12.4. The molecule has 0 aliphatic heterocycles. The topological polar surface area (TPSA) is 95.1 Å². The number of carbonyl (C=O) groups excluding carboxylic acids is 1. The molecule has 134 valence electrons. The SMILES string of the molecule is Cc1cccc(Nc2nc(N)n(C(=O)c3ccc(OC(C)C)cc3)n2)c1. The normalized spacial score (nSPS) is 10.8. The van der Waals surface area contributed by atoms with Crippen LogP contribution >= 0.6 is 0 Å². The number of carbonyl (C=O) groups is 1. The molecule has 3 rings (SSSR count). The number of aromatic nitrogens is 3.